The molecule has 0 saturated carbocycles. The first kappa shape index (κ1) is 14.3. The molecule has 5 heteroatoms. The number of aliphatic hydroxyl groups is 1. The fourth-order valence-corrected chi connectivity index (χ4v) is 2.54. The van der Waals surface area contributed by atoms with E-state index < -0.39 is 6.10 Å². The quantitative estimate of drug-likeness (QED) is 0.775. The molecule has 0 radical (unpaired) electrons. The van der Waals surface area contributed by atoms with Crippen LogP contribution in [0.3, 0.4) is 0 Å². The maximum absolute atomic E-state index is 11.9. The van der Waals surface area contributed by atoms with Gasteiger partial charge < -0.3 is 15.7 Å². The van der Waals surface area contributed by atoms with Crippen LogP contribution >= 0.6 is 11.6 Å². The van der Waals surface area contributed by atoms with Crippen LogP contribution < -0.4 is 10.6 Å². The number of benzene rings is 1. The highest BCUT2D eigenvalue weighted by Gasteiger charge is 2.28. The molecule has 4 nitrogen and oxygen atoms in total. The Balaban J connectivity index is 1.84. The van der Waals surface area contributed by atoms with Crippen LogP contribution in [0.5, 0.6) is 0 Å². The van der Waals surface area contributed by atoms with Crippen molar-refractivity contribution >= 4 is 17.5 Å². The molecule has 19 heavy (non-hydrogen) atoms. The molecule has 3 atom stereocenters. The highest BCUT2D eigenvalue weighted by molar-refractivity contribution is 6.30. The standard InChI is InChI=1S/C14H19ClN2O2/c1-9(5-10-3-2-4-11(15)6-10)17-14(19)13-7-12(18)8-16-13/h2-4,6,9,12-13,16,18H,5,7-8H2,1H3,(H,17,19). The Labute approximate surface area is 118 Å². The fraction of sp³-hybridized carbons (Fsp3) is 0.500. The molecule has 0 bridgehead atoms. The second-order valence-electron chi connectivity index (χ2n) is 5.09. The van der Waals surface area contributed by atoms with E-state index in [-0.39, 0.29) is 18.0 Å². The third-order valence-corrected chi connectivity index (χ3v) is 3.48. The molecule has 104 valence electrons. The van der Waals surface area contributed by atoms with Crippen molar-refractivity contribution in [2.45, 2.75) is 38.0 Å². The first-order valence-electron chi connectivity index (χ1n) is 6.51. The Morgan fingerprint density at radius 3 is 3.05 bits per heavy atom. The van der Waals surface area contributed by atoms with E-state index in [4.69, 9.17) is 11.6 Å². The van der Waals surface area contributed by atoms with Gasteiger partial charge >= 0.3 is 0 Å². The normalized spacial score (nSPS) is 24.2. The molecular weight excluding hydrogens is 264 g/mol. The van der Waals surface area contributed by atoms with E-state index >= 15 is 0 Å². The predicted molar refractivity (Wildman–Crippen MR) is 75.2 cm³/mol. The number of carbonyl (C=O) groups is 1. The Morgan fingerprint density at radius 1 is 1.63 bits per heavy atom. The molecule has 1 aliphatic heterocycles. The summed E-state index contributed by atoms with van der Waals surface area (Å²) >= 11 is 5.93. The first-order chi connectivity index (χ1) is 9.04. The van der Waals surface area contributed by atoms with Crippen molar-refractivity contribution < 1.29 is 9.90 Å². The number of β-amino-alcohol motifs (C(OH)–C–C–N with tert-alkyl or cyclic N) is 1. The van der Waals surface area contributed by atoms with Gasteiger partial charge in [0.15, 0.2) is 0 Å². The number of aliphatic hydroxyl groups excluding tert-OH is 1. The van der Waals surface area contributed by atoms with Crippen LogP contribution in [0.1, 0.15) is 18.9 Å². The number of amides is 1. The molecule has 0 aromatic heterocycles. The minimum atomic E-state index is -0.418. The van der Waals surface area contributed by atoms with Gasteiger partial charge in [-0.15, -0.1) is 0 Å². The van der Waals surface area contributed by atoms with E-state index in [1.165, 1.54) is 0 Å². The lowest BCUT2D eigenvalue weighted by Gasteiger charge is -2.17. The number of carbonyl (C=O) groups excluding carboxylic acids is 1. The second kappa shape index (κ2) is 6.37. The van der Waals surface area contributed by atoms with Crippen LogP contribution in [0.25, 0.3) is 0 Å². The van der Waals surface area contributed by atoms with Crippen molar-refractivity contribution in [1.82, 2.24) is 10.6 Å². The zero-order valence-corrected chi connectivity index (χ0v) is 11.7. The fourth-order valence-electron chi connectivity index (χ4n) is 2.33. The van der Waals surface area contributed by atoms with Gasteiger partial charge in [-0.3, -0.25) is 4.79 Å². The molecule has 2 rings (SSSR count). The molecule has 3 unspecified atom stereocenters. The molecule has 0 aliphatic carbocycles. The monoisotopic (exact) mass is 282 g/mol. The largest absolute Gasteiger partial charge is 0.392 e. The molecule has 1 amide bonds. The molecule has 1 heterocycles. The summed E-state index contributed by atoms with van der Waals surface area (Å²) < 4.78 is 0. The number of hydrogen-bond acceptors (Lipinski definition) is 3. The van der Waals surface area contributed by atoms with Crippen LogP contribution in [0, 0.1) is 0 Å². The van der Waals surface area contributed by atoms with Crippen LogP contribution in [-0.2, 0) is 11.2 Å². The van der Waals surface area contributed by atoms with Crippen LogP contribution in [0.15, 0.2) is 24.3 Å². The first-order valence-corrected chi connectivity index (χ1v) is 6.88. The summed E-state index contributed by atoms with van der Waals surface area (Å²) in [5, 5.41) is 16.1. The Kier molecular flexibility index (Phi) is 4.80. The number of rotatable bonds is 4. The molecule has 1 aromatic rings. The summed E-state index contributed by atoms with van der Waals surface area (Å²) in [5.74, 6) is -0.0499. The van der Waals surface area contributed by atoms with E-state index in [2.05, 4.69) is 10.6 Å². The smallest absolute Gasteiger partial charge is 0.237 e. The molecule has 1 fully saturated rings. The summed E-state index contributed by atoms with van der Waals surface area (Å²) in [4.78, 5) is 11.9. The van der Waals surface area contributed by atoms with Gasteiger partial charge in [0.25, 0.3) is 0 Å². The number of nitrogens with one attached hydrogen (secondary N) is 2. The lowest BCUT2D eigenvalue weighted by Crippen LogP contribution is -2.44. The summed E-state index contributed by atoms with van der Waals surface area (Å²) in [7, 11) is 0. The third kappa shape index (κ3) is 4.20. The van der Waals surface area contributed by atoms with Crippen molar-refractivity contribution in [3.8, 4) is 0 Å². The molecule has 1 aromatic carbocycles. The summed E-state index contributed by atoms with van der Waals surface area (Å²) in [6, 6.07) is 7.38. The van der Waals surface area contributed by atoms with Crippen molar-refractivity contribution in [1.29, 1.82) is 0 Å². The van der Waals surface area contributed by atoms with E-state index in [0.29, 0.717) is 18.0 Å². The van der Waals surface area contributed by atoms with Gasteiger partial charge in [-0.2, -0.15) is 0 Å². The van der Waals surface area contributed by atoms with E-state index in [9.17, 15) is 9.90 Å². The predicted octanol–water partition coefficient (Wildman–Crippen LogP) is 1.11. The van der Waals surface area contributed by atoms with Gasteiger partial charge in [0.1, 0.15) is 0 Å². The SMILES string of the molecule is CC(Cc1cccc(Cl)c1)NC(=O)C1CC(O)CN1. The lowest BCUT2D eigenvalue weighted by atomic mass is 10.1. The number of hydrogen-bond donors (Lipinski definition) is 3. The highest BCUT2D eigenvalue weighted by atomic mass is 35.5. The average molecular weight is 283 g/mol. The zero-order chi connectivity index (χ0) is 13.8. The van der Waals surface area contributed by atoms with Crippen LogP contribution in [-0.4, -0.2) is 35.7 Å². The Hall–Kier alpha value is -1.10. The second-order valence-corrected chi connectivity index (χ2v) is 5.53. The zero-order valence-electron chi connectivity index (χ0n) is 10.9. The van der Waals surface area contributed by atoms with Crippen molar-refractivity contribution in [2.75, 3.05) is 6.54 Å². The lowest BCUT2D eigenvalue weighted by molar-refractivity contribution is -0.123. The van der Waals surface area contributed by atoms with Gasteiger partial charge in [0.05, 0.1) is 12.1 Å². The van der Waals surface area contributed by atoms with Crippen molar-refractivity contribution in [2.24, 2.45) is 0 Å². The van der Waals surface area contributed by atoms with Crippen LogP contribution in [0.2, 0.25) is 5.02 Å². The van der Waals surface area contributed by atoms with Gasteiger partial charge in [-0.05, 0) is 37.5 Å². The third-order valence-electron chi connectivity index (χ3n) is 3.24. The minimum absolute atomic E-state index is 0.0329. The van der Waals surface area contributed by atoms with Gasteiger partial charge in [-0.1, -0.05) is 23.7 Å². The molecule has 1 aliphatic rings. The number of halogens is 1. The average Bonchev–Trinajstić information content (AvgIpc) is 2.75. The minimum Gasteiger partial charge on any atom is -0.392 e. The van der Waals surface area contributed by atoms with E-state index in [0.717, 1.165) is 12.0 Å². The molecule has 0 spiro atoms. The van der Waals surface area contributed by atoms with E-state index in [1.807, 2.05) is 31.2 Å². The van der Waals surface area contributed by atoms with Crippen LogP contribution in [0.4, 0.5) is 0 Å². The molecule has 3 N–H and O–H groups in total. The van der Waals surface area contributed by atoms with Crippen molar-refractivity contribution in [3.05, 3.63) is 34.9 Å². The summed E-state index contributed by atoms with van der Waals surface area (Å²) in [5.41, 5.74) is 1.10. The maximum atomic E-state index is 11.9. The topological polar surface area (TPSA) is 61.4 Å². The van der Waals surface area contributed by atoms with E-state index in [1.54, 1.807) is 0 Å². The maximum Gasteiger partial charge on any atom is 0.237 e. The Bertz CT molecular complexity index is 453. The van der Waals surface area contributed by atoms with Gasteiger partial charge in [0, 0.05) is 17.6 Å². The molecular formula is C14H19ClN2O2. The van der Waals surface area contributed by atoms with Crippen molar-refractivity contribution in [3.63, 3.8) is 0 Å². The summed E-state index contributed by atoms with van der Waals surface area (Å²) in [6.45, 7) is 2.45. The molecule has 1 saturated heterocycles. The van der Waals surface area contributed by atoms with Gasteiger partial charge in [0.2, 0.25) is 5.91 Å². The van der Waals surface area contributed by atoms with Gasteiger partial charge in [-0.25, -0.2) is 0 Å². The Morgan fingerprint density at radius 2 is 2.42 bits per heavy atom. The highest BCUT2D eigenvalue weighted by Crippen LogP contribution is 2.12. The summed E-state index contributed by atoms with van der Waals surface area (Å²) in [6.07, 6.45) is 0.802.